The van der Waals surface area contributed by atoms with Crippen molar-refractivity contribution in [2.45, 2.75) is 25.9 Å². The van der Waals surface area contributed by atoms with Crippen LogP contribution in [-0.4, -0.2) is 53.0 Å². The van der Waals surface area contributed by atoms with Gasteiger partial charge in [0, 0.05) is 32.2 Å². The zero-order chi connectivity index (χ0) is 16.3. The topological polar surface area (TPSA) is 53.0 Å². The van der Waals surface area contributed by atoms with Gasteiger partial charge < -0.3 is 14.7 Å². The number of benzene rings is 1. The molecule has 0 radical (unpaired) electrons. The van der Waals surface area contributed by atoms with Crippen molar-refractivity contribution >= 4 is 6.09 Å². The van der Waals surface area contributed by atoms with Gasteiger partial charge in [0.25, 0.3) is 0 Å². The molecular formula is C14H17F3N2O3. The highest BCUT2D eigenvalue weighted by molar-refractivity contribution is 5.65. The lowest BCUT2D eigenvalue weighted by Gasteiger charge is -2.38. The average molecular weight is 318 g/mol. The Kier molecular flexibility index (Phi) is 4.80. The number of carbonyl (C=O) groups is 1. The van der Waals surface area contributed by atoms with Gasteiger partial charge in [-0.05, 0) is 24.6 Å². The lowest BCUT2D eigenvalue weighted by molar-refractivity contribution is -0.274. The van der Waals surface area contributed by atoms with Gasteiger partial charge in [-0.2, -0.15) is 0 Å². The van der Waals surface area contributed by atoms with E-state index in [4.69, 9.17) is 5.11 Å². The molecule has 122 valence electrons. The van der Waals surface area contributed by atoms with Crippen molar-refractivity contribution in [3.63, 3.8) is 0 Å². The predicted octanol–water partition coefficient (Wildman–Crippen LogP) is 2.77. The standard InChI is InChI=1S/C14H17F3N2O3/c1-10-8-18(5-6-19(10)13(20)21)9-11-3-2-4-12(7-11)22-14(15,16)17/h2-4,7,10H,5-6,8-9H2,1H3,(H,20,21). The zero-order valence-electron chi connectivity index (χ0n) is 12.0. The van der Waals surface area contributed by atoms with Gasteiger partial charge in [0.05, 0.1) is 0 Å². The third-order valence-corrected chi connectivity index (χ3v) is 3.50. The summed E-state index contributed by atoms with van der Waals surface area (Å²) < 4.78 is 40.5. The van der Waals surface area contributed by atoms with Crippen molar-refractivity contribution in [1.29, 1.82) is 0 Å². The molecule has 1 amide bonds. The van der Waals surface area contributed by atoms with Crippen LogP contribution in [0.4, 0.5) is 18.0 Å². The number of nitrogens with zero attached hydrogens (tertiary/aromatic N) is 2. The fourth-order valence-electron chi connectivity index (χ4n) is 2.56. The molecule has 1 aliphatic heterocycles. The Morgan fingerprint density at radius 3 is 2.73 bits per heavy atom. The fourth-order valence-corrected chi connectivity index (χ4v) is 2.56. The van der Waals surface area contributed by atoms with E-state index in [2.05, 4.69) is 4.74 Å². The van der Waals surface area contributed by atoms with Crippen LogP contribution in [0, 0.1) is 0 Å². The minimum absolute atomic E-state index is 0.152. The maximum Gasteiger partial charge on any atom is 0.573 e. The van der Waals surface area contributed by atoms with E-state index in [0.717, 1.165) is 0 Å². The lowest BCUT2D eigenvalue weighted by Crippen LogP contribution is -2.53. The van der Waals surface area contributed by atoms with Crippen LogP contribution in [0.1, 0.15) is 12.5 Å². The summed E-state index contributed by atoms with van der Waals surface area (Å²) in [7, 11) is 0. The maximum atomic E-state index is 12.2. The number of rotatable bonds is 3. The predicted molar refractivity (Wildman–Crippen MR) is 72.6 cm³/mol. The van der Waals surface area contributed by atoms with E-state index in [0.29, 0.717) is 31.7 Å². The normalized spacial score (nSPS) is 20.0. The zero-order valence-corrected chi connectivity index (χ0v) is 12.0. The van der Waals surface area contributed by atoms with E-state index < -0.39 is 12.5 Å². The molecule has 1 atom stereocenters. The Morgan fingerprint density at radius 1 is 1.41 bits per heavy atom. The number of amides is 1. The van der Waals surface area contributed by atoms with Crippen molar-refractivity contribution in [2.24, 2.45) is 0 Å². The average Bonchev–Trinajstić information content (AvgIpc) is 2.36. The van der Waals surface area contributed by atoms with Crippen LogP contribution in [-0.2, 0) is 6.54 Å². The SMILES string of the molecule is CC1CN(Cc2cccc(OC(F)(F)F)c2)CCN1C(=O)O. The number of halogens is 3. The number of ether oxygens (including phenoxy) is 1. The van der Waals surface area contributed by atoms with Crippen LogP contribution < -0.4 is 4.74 Å². The number of hydrogen-bond acceptors (Lipinski definition) is 3. The first-order valence-corrected chi connectivity index (χ1v) is 6.81. The second-order valence-electron chi connectivity index (χ2n) is 5.26. The summed E-state index contributed by atoms with van der Waals surface area (Å²) in [6.45, 7) is 3.73. The molecule has 1 aromatic rings. The summed E-state index contributed by atoms with van der Waals surface area (Å²) in [5, 5.41) is 9.01. The van der Waals surface area contributed by atoms with Gasteiger partial charge in [-0.3, -0.25) is 4.90 Å². The van der Waals surface area contributed by atoms with Crippen molar-refractivity contribution < 1.29 is 27.8 Å². The molecule has 1 fully saturated rings. The van der Waals surface area contributed by atoms with E-state index in [1.165, 1.54) is 23.1 Å². The third kappa shape index (κ3) is 4.52. The molecule has 1 N–H and O–H groups in total. The molecule has 2 rings (SSSR count). The van der Waals surface area contributed by atoms with Gasteiger partial charge in [-0.1, -0.05) is 12.1 Å². The third-order valence-electron chi connectivity index (χ3n) is 3.50. The second kappa shape index (κ2) is 6.43. The second-order valence-corrected chi connectivity index (χ2v) is 5.26. The van der Waals surface area contributed by atoms with Gasteiger partial charge in [0.2, 0.25) is 0 Å². The summed E-state index contributed by atoms with van der Waals surface area (Å²) in [5.74, 6) is -0.248. The first kappa shape index (κ1) is 16.4. The van der Waals surface area contributed by atoms with Gasteiger partial charge >= 0.3 is 12.5 Å². The van der Waals surface area contributed by atoms with Crippen LogP contribution in [0.15, 0.2) is 24.3 Å². The molecule has 1 saturated heterocycles. The smallest absolute Gasteiger partial charge is 0.465 e. The summed E-state index contributed by atoms with van der Waals surface area (Å²) in [6.07, 6.45) is -5.66. The van der Waals surface area contributed by atoms with E-state index >= 15 is 0 Å². The highest BCUT2D eigenvalue weighted by Gasteiger charge is 2.31. The highest BCUT2D eigenvalue weighted by Crippen LogP contribution is 2.24. The Bertz CT molecular complexity index is 536. The van der Waals surface area contributed by atoms with Crippen molar-refractivity contribution in [2.75, 3.05) is 19.6 Å². The van der Waals surface area contributed by atoms with Crippen molar-refractivity contribution in [3.05, 3.63) is 29.8 Å². The van der Waals surface area contributed by atoms with Crippen LogP contribution in [0.25, 0.3) is 0 Å². The minimum atomic E-state index is -4.71. The summed E-state index contributed by atoms with van der Waals surface area (Å²) >= 11 is 0. The highest BCUT2D eigenvalue weighted by atomic mass is 19.4. The molecule has 5 nitrogen and oxygen atoms in total. The van der Waals surface area contributed by atoms with Crippen molar-refractivity contribution in [1.82, 2.24) is 9.80 Å². The molecule has 0 aliphatic carbocycles. The Hall–Kier alpha value is -1.96. The quantitative estimate of drug-likeness (QED) is 0.931. The molecule has 0 spiro atoms. The van der Waals surface area contributed by atoms with Gasteiger partial charge in [0.1, 0.15) is 5.75 Å². The first-order valence-electron chi connectivity index (χ1n) is 6.81. The largest absolute Gasteiger partial charge is 0.573 e. The summed E-state index contributed by atoms with van der Waals surface area (Å²) in [6, 6.07) is 5.68. The Balaban J connectivity index is 1.97. The van der Waals surface area contributed by atoms with Gasteiger partial charge in [-0.25, -0.2) is 4.79 Å². The van der Waals surface area contributed by atoms with E-state index in [-0.39, 0.29) is 11.8 Å². The summed E-state index contributed by atoms with van der Waals surface area (Å²) in [4.78, 5) is 14.4. The molecule has 1 heterocycles. The molecule has 1 aromatic carbocycles. The van der Waals surface area contributed by atoms with Crippen molar-refractivity contribution in [3.8, 4) is 5.75 Å². The Labute approximate surface area is 125 Å². The fraction of sp³-hybridized carbons (Fsp3) is 0.500. The molecule has 1 unspecified atom stereocenters. The van der Waals surface area contributed by atoms with Crippen LogP contribution in [0.2, 0.25) is 0 Å². The molecule has 8 heteroatoms. The van der Waals surface area contributed by atoms with E-state index in [9.17, 15) is 18.0 Å². The summed E-state index contributed by atoms with van der Waals surface area (Å²) in [5.41, 5.74) is 0.692. The molecule has 0 bridgehead atoms. The number of carboxylic acid groups (broad SMARTS) is 1. The number of alkyl halides is 3. The van der Waals surface area contributed by atoms with Crippen LogP contribution in [0.5, 0.6) is 5.75 Å². The van der Waals surface area contributed by atoms with Crippen LogP contribution >= 0.6 is 0 Å². The molecule has 0 aromatic heterocycles. The monoisotopic (exact) mass is 318 g/mol. The first-order chi connectivity index (χ1) is 10.2. The molecule has 0 saturated carbocycles. The molecule has 1 aliphatic rings. The van der Waals surface area contributed by atoms with Crippen LogP contribution in [0.3, 0.4) is 0 Å². The Morgan fingerprint density at radius 2 is 2.14 bits per heavy atom. The van der Waals surface area contributed by atoms with Gasteiger partial charge in [-0.15, -0.1) is 13.2 Å². The van der Waals surface area contributed by atoms with E-state index in [1.807, 2.05) is 11.8 Å². The maximum absolute atomic E-state index is 12.2. The number of piperazine rings is 1. The molecule has 22 heavy (non-hydrogen) atoms. The molecular weight excluding hydrogens is 301 g/mol. The minimum Gasteiger partial charge on any atom is -0.465 e. The van der Waals surface area contributed by atoms with E-state index in [1.54, 1.807) is 6.07 Å². The number of hydrogen-bond donors (Lipinski definition) is 1. The van der Waals surface area contributed by atoms with Gasteiger partial charge in [0.15, 0.2) is 0 Å². The lowest BCUT2D eigenvalue weighted by atomic mass is 10.1.